The second kappa shape index (κ2) is 6.37. The molecular formula is C16H17NO5S. The van der Waals surface area contributed by atoms with Gasteiger partial charge in [-0.3, -0.25) is 4.79 Å². The third-order valence-corrected chi connectivity index (χ3v) is 4.54. The number of aryl methyl sites for hydroxylation is 1. The number of aromatic carboxylic acids is 1. The first kappa shape index (κ1) is 17.0. The fourth-order valence-electron chi connectivity index (χ4n) is 2.36. The van der Waals surface area contributed by atoms with Gasteiger partial charge in [0.1, 0.15) is 0 Å². The van der Waals surface area contributed by atoms with Gasteiger partial charge in [0, 0.05) is 30.8 Å². The van der Waals surface area contributed by atoms with Crippen molar-refractivity contribution < 1.29 is 18.3 Å². The topological polar surface area (TPSA) is 93.4 Å². The van der Waals surface area contributed by atoms with Gasteiger partial charge in [-0.25, -0.2) is 13.2 Å². The average Bonchev–Trinajstić information content (AvgIpc) is 2.46. The Balaban J connectivity index is 2.82. The molecule has 0 atom stereocenters. The summed E-state index contributed by atoms with van der Waals surface area (Å²) in [5.74, 6) is -1.16. The van der Waals surface area contributed by atoms with Gasteiger partial charge in [0.15, 0.2) is 15.3 Å². The minimum atomic E-state index is -3.64. The first-order chi connectivity index (χ1) is 10.7. The third kappa shape index (κ3) is 3.68. The smallest absolute Gasteiger partial charge is 0.336 e. The second-order valence-corrected chi connectivity index (χ2v) is 7.23. The van der Waals surface area contributed by atoms with E-state index in [1.54, 1.807) is 6.07 Å². The summed E-state index contributed by atoms with van der Waals surface area (Å²) in [5.41, 5.74) is 0.678. The molecule has 1 aromatic heterocycles. The van der Waals surface area contributed by atoms with E-state index in [2.05, 4.69) is 0 Å². The number of carboxylic acids is 1. The fourth-order valence-corrected chi connectivity index (χ4v) is 3.24. The molecule has 2 aromatic rings. The number of hydrogen-bond donors (Lipinski definition) is 1. The zero-order chi connectivity index (χ0) is 17.2. The van der Waals surface area contributed by atoms with Gasteiger partial charge in [-0.2, -0.15) is 0 Å². The normalized spacial score (nSPS) is 11.4. The number of sulfone groups is 1. The van der Waals surface area contributed by atoms with Crippen LogP contribution < -0.4 is 5.43 Å². The Hall–Kier alpha value is -2.41. The molecule has 0 bridgehead atoms. The van der Waals surface area contributed by atoms with Gasteiger partial charge in [-0.1, -0.05) is 13.3 Å². The van der Waals surface area contributed by atoms with E-state index in [9.17, 15) is 23.1 Å². The van der Waals surface area contributed by atoms with Gasteiger partial charge in [0.05, 0.1) is 16.1 Å². The monoisotopic (exact) mass is 335 g/mol. The first-order valence-corrected chi connectivity index (χ1v) is 8.92. The Morgan fingerprint density at radius 3 is 2.30 bits per heavy atom. The minimum absolute atomic E-state index is 0.0166. The van der Waals surface area contributed by atoms with E-state index in [0.29, 0.717) is 17.7 Å². The molecule has 0 aliphatic heterocycles. The van der Waals surface area contributed by atoms with E-state index in [0.717, 1.165) is 12.7 Å². The predicted octanol–water partition coefficient (Wildman–Crippen LogP) is 1.89. The lowest BCUT2D eigenvalue weighted by atomic mass is 10.0. The molecule has 0 spiro atoms. The zero-order valence-electron chi connectivity index (χ0n) is 12.8. The van der Waals surface area contributed by atoms with E-state index < -0.39 is 15.8 Å². The summed E-state index contributed by atoms with van der Waals surface area (Å²) in [6.45, 7) is 1.91. The van der Waals surface area contributed by atoms with Crippen LogP contribution in [0, 0.1) is 0 Å². The Morgan fingerprint density at radius 2 is 1.83 bits per heavy atom. The summed E-state index contributed by atoms with van der Waals surface area (Å²) >= 11 is 0. The van der Waals surface area contributed by atoms with E-state index in [1.165, 1.54) is 35.2 Å². The van der Waals surface area contributed by atoms with E-state index in [-0.39, 0.29) is 15.9 Å². The van der Waals surface area contributed by atoms with Crippen molar-refractivity contribution in [1.82, 2.24) is 4.57 Å². The lowest BCUT2D eigenvalue weighted by molar-refractivity contribution is 0.0695. The summed E-state index contributed by atoms with van der Waals surface area (Å²) in [6.07, 6.45) is 5.19. The molecule has 0 saturated carbocycles. The third-order valence-electron chi connectivity index (χ3n) is 3.41. The zero-order valence-corrected chi connectivity index (χ0v) is 13.6. The molecule has 0 unspecified atom stereocenters. The Bertz CT molecular complexity index is 892. The molecule has 0 saturated heterocycles. The van der Waals surface area contributed by atoms with Crippen LogP contribution in [0.4, 0.5) is 0 Å². The van der Waals surface area contributed by atoms with Crippen LogP contribution in [0.15, 0.2) is 46.3 Å². The molecule has 0 radical (unpaired) electrons. The number of aromatic nitrogens is 1. The highest BCUT2D eigenvalue weighted by Gasteiger charge is 2.20. The van der Waals surface area contributed by atoms with E-state index >= 15 is 0 Å². The molecular weight excluding hydrogens is 318 g/mol. The average molecular weight is 335 g/mol. The van der Waals surface area contributed by atoms with Crippen molar-refractivity contribution in [2.24, 2.45) is 0 Å². The van der Waals surface area contributed by atoms with Crippen LogP contribution in [-0.2, 0) is 16.3 Å². The van der Waals surface area contributed by atoms with Crippen LogP contribution >= 0.6 is 0 Å². The Labute approximate surface area is 133 Å². The highest BCUT2D eigenvalue weighted by atomic mass is 32.2. The number of hydrogen-bond acceptors (Lipinski definition) is 4. The van der Waals surface area contributed by atoms with Crippen LogP contribution in [-0.4, -0.2) is 30.3 Å². The van der Waals surface area contributed by atoms with Crippen molar-refractivity contribution in [3.63, 3.8) is 0 Å². The maximum absolute atomic E-state index is 12.1. The van der Waals surface area contributed by atoms with Gasteiger partial charge < -0.3 is 9.67 Å². The van der Waals surface area contributed by atoms with Crippen molar-refractivity contribution in [3.8, 4) is 5.69 Å². The minimum Gasteiger partial charge on any atom is -0.478 e. The van der Waals surface area contributed by atoms with Crippen LogP contribution in [0.5, 0.6) is 0 Å². The molecule has 0 amide bonds. The van der Waals surface area contributed by atoms with E-state index in [4.69, 9.17) is 0 Å². The van der Waals surface area contributed by atoms with Crippen LogP contribution in [0.2, 0.25) is 0 Å². The van der Waals surface area contributed by atoms with Crippen molar-refractivity contribution in [2.75, 3.05) is 6.26 Å². The largest absolute Gasteiger partial charge is 0.478 e. The van der Waals surface area contributed by atoms with Crippen LogP contribution in [0.25, 0.3) is 5.69 Å². The number of pyridine rings is 1. The predicted molar refractivity (Wildman–Crippen MR) is 86.1 cm³/mol. The summed E-state index contributed by atoms with van der Waals surface area (Å²) in [6, 6.07) is 5.39. The quantitative estimate of drug-likeness (QED) is 0.900. The molecule has 0 aliphatic rings. The molecule has 122 valence electrons. The number of rotatable bonds is 5. The SMILES string of the molecule is CCCc1cc(-n2ccc(=O)cc2)c(S(C)(=O)=O)cc1C(=O)O. The number of nitrogens with zero attached hydrogens (tertiary/aromatic N) is 1. The van der Waals surface area contributed by atoms with Gasteiger partial charge in [-0.15, -0.1) is 0 Å². The number of carboxylic acid groups (broad SMARTS) is 1. The van der Waals surface area contributed by atoms with Gasteiger partial charge in [-0.05, 0) is 24.1 Å². The number of benzene rings is 1. The molecule has 1 N–H and O–H groups in total. The summed E-state index contributed by atoms with van der Waals surface area (Å²) in [5, 5.41) is 9.34. The number of carbonyl (C=O) groups is 1. The molecule has 2 rings (SSSR count). The van der Waals surface area contributed by atoms with Crippen molar-refractivity contribution in [2.45, 2.75) is 24.7 Å². The van der Waals surface area contributed by atoms with Gasteiger partial charge >= 0.3 is 5.97 Å². The van der Waals surface area contributed by atoms with Crippen molar-refractivity contribution in [1.29, 1.82) is 0 Å². The molecule has 1 aromatic carbocycles. The maximum Gasteiger partial charge on any atom is 0.336 e. The first-order valence-electron chi connectivity index (χ1n) is 7.03. The summed E-state index contributed by atoms with van der Waals surface area (Å²) in [7, 11) is -3.64. The van der Waals surface area contributed by atoms with Crippen molar-refractivity contribution in [3.05, 3.63) is 58.0 Å². The van der Waals surface area contributed by atoms with Crippen LogP contribution in [0.1, 0.15) is 29.3 Å². The lowest BCUT2D eigenvalue weighted by Gasteiger charge is -2.15. The maximum atomic E-state index is 12.1. The fraction of sp³-hybridized carbons (Fsp3) is 0.250. The Morgan fingerprint density at radius 1 is 1.22 bits per heavy atom. The molecule has 0 aliphatic carbocycles. The Kier molecular flexibility index (Phi) is 4.70. The lowest BCUT2D eigenvalue weighted by Crippen LogP contribution is -2.12. The van der Waals surface area contributed by atoms with E-state index in [1.807, 2.05) is 6.92 Å². The highest BCUT2D eigenvalue weighted by Crippen LogP contribution is 2.26. The molecule has 6 nitrogen and oxygen atoms in total. The summed E-state index contributed by atoms with van der Waals surface area (Å²) in [4.78, 5) is 22.6. The molecule has 23 heavy (non-hydrogen) atoms. The van der Waals surface area contributed by atoms with Crippen molar-refractivity contribution >= 4 is 15.8 Å². The second-order valence-electron chi connectivity index (χ2n) is 5.25. The van der Waals surface area contributed by atoms with Gasteiger partial charge in [0.2, 0.25) is 0 Å². The standard InChI is InChI=1S/C16H17NO5S/c1-3-4-11-9-14(17-7-5-12(18)6-8-17)15(23(2,21)22)10-13(11)16(19)20/h5-10H,3-4H2,1-2H3,(H,19,20). The highest BCUT2D eigenvalue weighted by molar-refractivity contribution is 7.90. The molecule has 1 heterocycles. The van der Waals surface area contributed by atoms with Gasteiger partial charge in [0.25, 0.3) is 0 Å². The van der Waals surface area contributed by atoms with Crippen LogP contribution in [0.3, 0.4) is 0 Å². The molecule has 0 fully saturated rings. The summed E-state index contributed by atoms with van der Waals surface area (Å²) < 4.78 is 25.6. The molecule has 7 heteroatoms.